The molecule has 6 heteroatoms. The van der Waals surface area contributed by atoms with Crippen LogP contribution < -0.4 is 5.32 Å². The van der Waals surface area contributed by atoms with Gasteiger partial charge < -0.3 is 10.1 Å². The first-order valence-electron chi connectivity index (χ1n) is 5.72. The first kappa shape index (κ1) is 15.0. The Morgan fingerprint density at radius 3 is 2.79 bits per heavy atom. The summed E-state index contributed by atoms with van der Waals surface area (Å²) in [6, 6.07) is 6.52. The fourth-order valence-corrected chi connectivity index (χ4v) is 1.55. The van der Waals surface area contributed by atoms with Crippen molar-refractivity contribution in [2.45, 2.75) is 19.8 Å². The Balaban J connectivity index is 2.60. The summed E-state index contributed by atoms with van der Waals surface area (Å²) in [4.78, 5) is 22.7. The second-order valence-corrected chi connectivity index (χ2v) is 4.09. The lowest BCUT2D eigenvalue weighted by Crippen LogP contribution is -2.15. The molecule has 0 aromatic heterocycles. The van der Waals surface area contributed by atoms with Crippen LogP contribution in [-0.2, 0) is 14.3 Å². The number of esters is 1. The van der Waals surface area contributed by atoms with Gasteiger partial charge >= 0.3 is 5.97 Å². The van der Waals surface area contributed by atoms with Crippen LogP contribution in [0.4, 0.5) is 5.69 Å². The van der Waals surface area contributed by atoms with Crippen molar-refractivity contribution >= 4 is 29.2 Å². The third kappa shape index (κ3) is 4.98. The van der Waals surface area contributed by atoms with E-state index in [-0.39, 0.29) is 25.4 Å². The number of ether oxygens (including phenoxy) is 1. The first-order chi connectivity index (χ1) is 9.06. The predicted octanol–water partition coefficient (Wildman–Crippen LogP) is 2.49. The molecule has 0 saturated heterocycles. The molecular weight excluding hydrogens is 268 g/mol. The van der Waals surface area contributed by atoms with E-state index in [1.165, 1.54) is 12.1 Å². The van der Waals surface area contributed by atoms with E-state index in [1.807, 2.05) is 6.07 Å². The van der Waals surface area contributed by atoms with Crippen molar-refractivity contribution in [3.8, 4) is 6.07 Å². The molecule has 0 aliphatic rings. The predicted molar refractivity (Wildman–Crippen MR) is 70.7 cm³/mol. The van der Waals surface area contributed by atoms with Gasteiger partial charge in [0.2, 0.25) is 5.91 Å². The van der Waals surface area contributed by atoms with Gasteiger partial charge in [-0.3, -0.25) is 9.59 Å². The maximum Gasteiger partial charge on any atom is 0.306 e. The molecule has 1 N–H and O–H groups in total. The summed E-state index contributed by atoms with van der Waals surface area (Å²) in [6.07, 6.45) is -0.00165. The Morgan fingerprint density at radius 1 is 1.42 bits per heavy atom. The Kier molecular flexibility index (Phi) is 5.83. The molecule has 1 aromatic carbocycles. The zero-order valence-corrected chi connectivity index (χ0v) is 11.2. The summed E-state index contributed by atoms with van der Waals surface area (Å²) >= 11 is 5.79. The highest BCUT2D eigenvalue weighted by Gasteiger charge is 2.10. The monoisotopic (exact) mass is 280 g/mol. The minimum atomic E-state index is -0.427. The fourth-order valence-electron chi connectivity index (χ4n) is 1.38. The molecule has 0 aliphatic carbocycles. The van der Waals surface area contributed by atoms with E-state index in [0.717, 1.165) is 0 Å². The molecule has 5 nitrogen and oxygen atoms in total. The summed E-state index contributed by atoms with van der Waals surface area (Å²) in [5, 5.41) is 11.9. The maximum absolute atomic E-state index is 11.6. The van der Waals surface area contributed by atoms with E-state index < -0.39 is 5.97 Å². The van der Waals surface area contributed by atoms with Crippen molar-refractivity contribution in [1.29, 1.82) is 5.26 Å². The summed E-state index contributed by atoms with van der Waals surface area (Å²) in [5.41, 5.74) is 0.651. The van der Waals surface area contributed by atoms with Crippen molar-refractivity contribution in [3.63, 3.8) is 0 Å². The quantitative estimate of drug-likeness (QED) is 0.841. The average molecular weight is 281 g/mol. The van der Waals surface area contributed by atoms with Crippen molar-refractivity contribution in [3.05, 3.63) is 28.8 Å². The lowest BCUT2D eigenvalue weighted by atomic mass is 10.2. The summed E-state index contributed by atoms with van der Waals surface area (Å²) in [6.45, 7) is 1.98. The summed E-state index contributed by atoms with van der Waals surface area (Å²) < 4.78 is 4.71. The highest BCUT2D eigenvalue weighted by molar-refractivity contribution is 6.31. The van der Waals surface area contributed by atoms with Crippen LogP contribution in [0.25, 0.3) is 0 Å². The van der Waals surface area contributed by atoms with E-state index >= 15 is 0 Å². The molecule has 0 atom stereocenters. The maximum atomic E-state index is 11.6. The van der Waals surface area contributed by atoms with Gasteiger partial charge in [-0.25, -0.2) is 0 Å². The second kappa shape index (κ2) is 7.39. The van der Waals surface area contributed by atoms with Gasteiger partial charge in [-0.1, -0.05) is 11.6 Å². The highest BCUT2D eigenvalue weighted by Crippen LogP contribution is 2.20. The van der Waals surface area contributed by atoms with Crippen LogP contribution in [0.1, 0.15) is 25.3 Å². The third-order valence-corrected chi connectivity index (χ3v) is 2.47. The molecule has 0 saturated carbocycles. The number of hydrogen-bond donors (Lipinski definition) is 1. The van der Waals surface area contributed by atoms with Gasteiger partial charge in [0.1, 0.15) is 6.07 Å². The van der Waals surface area contributed by atoms with Crippen molar-refractivity contribution in [2.24, 2.45) is 0 Å². The number of anilines is 1. The van der Waals surface area contributed by atoms with Gasteiger partial charge in [-0.2, -0.15) is 5.26 Å². The lowest BCUT2D eigenvalue weighted by molar-refractivity contribution is -0.144. The summed E-state index contributed by atoms with van der Waals surface area (Å²) in [7, 11) is 0. The Hall–Kier alpha value is -2.06. The normalized spacial score (nSPS) is 9.53. The van der Waals surface area contributed by atoms with Crippen LogP contribution in [0, 0.1) is 11.3 Å². The standard InChI is InChI=1S/C13H13ClN2O3/c1-2-19-13(18)6-5-12(17)16-11-7-10(14)4-3-9(11)8-15/h3-4,7H,2,5-6H2,1H3,(H,16,17). The van der Waals surface area contributed by atoms with Gasteiger partial charge in [-0.05, 0) is 25.1 Å². The Bertz CT molecular complexity index is 523. The number of nitrogens with zero attached hydrogens (tertiary/aromatic N) is 1. The van der Waals surface area contributed by atoms with Gasteiger partial charge in [0, 0.05) is 11.4 Å². The fraction of sp³-hybridized carbons (Fsp3) is 0.308. The van der Waals surface area contributed by atoms with E-state index in [0.29, 0.717) is 16.3 Å². The van der Waals surface area contributed by atoms with Crippen molar-refractivity contribution in [1.82, 2.24) is 0 Å². The molecule has 0 spiro atoms. The second-order valence-electron chi connectivity index (χ2n) is 3.65. The molecular formula is C13H13ClN2O3. The topological polar surface area (TPSA) is 79.2 Å². The number of nitrogens with one attached hydrogen (secondary N) is 1. The number of halogens is 1. The minimum absolute atomic E-state index is 0.00211. The third-order valence-electron chi connectivity index (χ3n) is 2.24. The van der Waals surface area contributed by atoms with E-state index in [2.05, 4.69) is 5.32 Å². The van der Waals surface area contributed by atoms with E-state index in [4.69, 9.17) is 21.6 Å². The number of nitriles is 1. The van der Waals surface area contributed by atoms with Gasteiger partial charge in [-0.15, -0.1) is 0 Å². The van der Waals surface area contributed by atoms with Crippen LogP contribution in [-0.4, -0.2) is 18.5 Å². The van der Waals surface area contributed by atoms with E-state index in [1.54, 1.807) is 13.0 Å². The number of rotatable bonds is 5. The molecule has 1 rings (SSSR count). The molecule has 1 amide bonds. The van der Waals surface area contributed by atoms with Gasteiger partial charge in [0.25, 0.3) is 0 Å². The number of amides is 1. The lowest BCUT2D eigenvalue weighted by Gasteiger charge is -2.07. The summed E-state index contributed by atoms with van der Waals surface area (Å²) in [5.74, 6) is -0.795. The first-order valence-corrected chi connectivity index (χ1v) is 6.09. The number of carbonyl (C=O) groups is 2. The molecule has 0 bridgehead atoms. The van der Waals surface area contributed by atoms with Crippen molar-refractivity contribution < 1.29 is 14.3 Å². The van der Waals surface area contributed by atoms with E-state index in [9.17, 15) is 9.59 Å². The smallest absolute Gasteiger partial charge is 0.306 e. The van der Waals surface area contributed by atoms with Crippen LogP contribution >= 0.6 is 11.6 Å². The highest BCUT2D eigenvalue weighted by atomic mass is 35.5. The molecule has 0 aliphatic heterocycles. The Morgan fingerprint density at radius 2 is 2.16 bits per heavy atom. The largest absolute Gasteiger partial charge is 0.466 e. The zero-order chi connectivity index (χ0) is 14.3. The SMILES string of the molecule is CCOC(=O)CCC(=O)Nc1cc(Cl)ccc1C#N. The molecule has 0 radical (unpaired) electrons. The molecule has 1 aromatic rings. The Labute approximate surface area is 116 Å². The minimum Gasteiger partial charge on any atom is -0.466 e. The average Bonchev–Trinajstić information content (AvgIpc) is 2.37. The van der Waals surface area contributed by atoms with Crippen LogP contribution in [0.5, 0.6) is 0 Å². The molecule has 0 unspecified atom stereocenters. The zero-order valence-electron chi connectivity index (χ0n) is 10.4. The van der Waals surface area contributed by atoms with Crippen LogP contribution in [0.3, 0.4) is 0 Å². The van der Waals surface area contributed by atoms with Gasteiger partial charge in [0.15, 0.2) is 0 Å². The van der Waals surface area contributed by atoms with Crippen LogP contribution in [0.2, 0.25) is 5.02 Å². The van der Waals surface area contributed by atoms with Crippen molar-refractivity contribution in [2.75, 3.05) is 11.9 Å². The molecule has 100 valence electrons. The number of benzene rings is 1. The van der Waals surface area contributed by atoms with Crippen LogP contribution in [0.15, 0.2) is 18.2 Å². The molecule has 0 heterocycles. The molecule has 19 heavy (non-hydrogen) atoms. The number of hydrogen-bond acceptors (Lipinski definition) is 4. The molecule has 0 fully saturated rings. The number of carbonyl (C=O) groups excluding carboxylic acids is 2. The van der Waals surface area contributed by atoms with Gasteiger partial charge in [0.05, 0.1) is 24.3 Å².